The standard InChI is InChI=1S/C79H144O17P2/c1-5-9-13-17-21-25-29-33-35-36-38-42-44-48-52-56-60-64-77(82)90-70-75(96-79(84)66-62-58-54-50-46-40-32-28-24-20-16-12-8-4)72-94-98(87,88)92-68-73(80)67-91-97(85,86)93-71-74(95-78(83)65-61-57-53-49-45-39-31-27-23-19-15-11-7-3)69-89-76(81)63-59-55-51-47-43-41-37-34-30-26-22-18-14-10-6-2/h9,13,21,25,27-28,31-33,35,73-75,80H,5-8,10-12,14-20,22-24,26,29-30,34,36-72H2,1-4H3,(H,85,86)(H,87,88)/b13-9-,25-21-,31-27-,32-28-,35-33-. The molecule has 572 valence electrons. The summed E-state index contributed by atoms with van der Waals surface area (Å²) >= 11 is 0. The van der Waals surface area contributed by atoms with Crippen LogP contribution in [0.4, 0.5) is 0 Å². The Morgan fingerprint density at radius 3 is 0.837 bits per heavy atom. The first-order chi connectivity index (χ1) is 47.7. The molecule has 0 radical (unpaired) electrons. The smallest absolute Gasteiger partial charge is 0.462 e. The van der Waals surface area contributed by atoms with E-state index in [0.29, 0.717) is 25.7 Å². The Hall–Kier alpha value is -3.24. The first kappa shape index (κ1) is 94.8. The lowest BCUT2D eigenvalue weighted by Crippen LogP contribution is -2.30. The predicted molar refractivity (Wildman–Crippen MR) is 400 cm³/mol. The summed E-state index contributed by atoms with van der Waals surface area (Å²) in [4.78, 5) is 72.9. The molecule has 0 aromatic heterocycles. The van der Waals surface area contributed by atoms with E-state index in [1.165, 1.54) is 122 Å². The van der Waals surface area contributed by atoms with E-state index in [0.717, 1.165) is 161 Å². The number of phosphoric acid groups is 2. The number of aliphatic hydroxyl groups is 1. The molecule has 5 atom stereocenters. The third kappa shape index (κ3) is 71.2. The third-order valence-electron chi connectivity index (χ3n) is 17.0. The maximum atomic E-state index is 13.1. The van der Waals surface area contributed by atoms with Crippen LogP contribution in [-0.2, 0) is 65.4 Å². The van der Waals surface area contributed by atoms with Crippen LogP contribution in [0.15, 0.2) is 60.8 Å². The summed E-state index contributed by atoms with van der Waals surface area (Å²) in [6.07, 6.45) is 70.6. The average Bonchev–Trinajstić information content (AvgIpc) is 0.969. The SMILES string of the molecule is CC/C=C\C/C=C\C/C=C\CCCCCCCCCC(=O)OCC(COP(=O)(O)OCC(O)COP(=O)(O)OCC(COC(=O)CCCCCCCCCCCCCCCCC)OC(=O)CCCCCCC/C=C\CCCCCC)OC(=O)CCCCCCC/C=C\CCCCCC. The number of rotatable bonds is 75. The molecule has 0 heterocycles. The highest BCUT2D eigenvalue weighted by atomic mass is 31.2. The van der Waals surface area contributed by atoms with Gasteiger partial charge in [-0.2, -0.15) is 0 Å². The third-order valence-corrected chi connectivity index (χ3v) is 18.9. The van der Waals surface area contributed by atoms with E-state index in [2.05, 4.69) is 88.5 Å². The van der Waals surface area contributed by atoms with Crippen molar-refractivity contribution in [3.8, 4) is 0 Å². The van der Waals surface area contributed by atoms with Crippen LogP contribution in [0.3, 0.4) is 0 Å². The van der Waals surface area contributed by atoms with Gasteiger partial charge >= 0.3 is 39.5 Å². The monoisotopic (exact) mass is 1430 g/mol. The molecule has 98 heavy (non-hydrogen) atoms. The number of carbonyl (C=O) groups is 4. The second-order valence-electron chi connectivity index (χ2n) is 26.6. The van der Waals surface area contributed by atoms with E-state index in [-0.39, 0.29) is 25.7 Å². The molecule has 0 amide bonds. The van der Waals surface area contributed by atoms with Gasteiger partial charge < -0.3 is 33.8 Å². The number of phosphoric ester groups is 2. The van der Waals surface area contributed by atoms with Crippen molar-refractivity contribution in [2.75, 3.05) is 39.6 Å². The minimum Gasteiger partial charge on any atom is -0.462 e. The van der Waals surface area contributed by atoms with E-state index in [1.807, 2.05) is 0 Å². The van der Waals surface area contributed by atoms with Crippen molar-refractivity contribution in [3.05, 3.63) is 60.8 Å². The normalized spacial score (nSPS) is 14.2. The Balaban J connectivity index is 5.31. The number of esters is 4. The van der Waals surface area contributed by atoms with Gasteiger partial charge in [0.15, 0.2) is 12.2 Å². The summed E-state index contributed by atoms with van der Waals surface area (Å²) in [5.74, 6) is -2.17. The van der Waals surface area contributed by atoms with E-state index < -0.39 is 97.5 Å². The molecule has 19 heteroatoms. The predicted octanol–water partition coefficient (Wildman–Crippen LogP) is 22.7. The zero-order chi connectivity index (χ0) is 71.8. The van der Waals surface area contributed by atoms with Crippen molar-refractivity contribution < 1.29 is 80.2 Å². The van der Waals surface area contributed by atoms with E-state index >= 15 is 0 Å². The Bertz CT molecular complexity index is 2100. The number of allylic oxidation sites excluding steroid dienone is 10. The van der Waals surface area contributed by atoms with Gasteiger partial charge in [0.05, 0.1) is 26.4 Å². The molecule has 0 aromatic rings. The van der Waals surface area contributed by atoms with E-state index in [1.54, 1.807) is 0 Å². The zero-order valence-corrected chi connectivity index (χ0v) is 64.3. The molecule has 17 nitrogen and oxygen atoms in total. The van der Waals surface area contributed by atoms with Crippen LogP contribution in [0.25, 0.3) is 0 Å². The van der Waals surface area contributed by atoms with Gasteiger partial charge in [-0.05, 0) is 109 Å². The van der Waals surface area contributed by atoms with Gasteiger partial charge in [0.2, 0.25) is 0 Å². The van der Waals surface area contributed by atoms with E-state index in [4.69, 9.17) is 37.0 Å². The molecule has 0 spiro atoms. The van der Waals surface area contributed by atoms with Gasteiger partial charge in [-0.25, -0.2) is 9.13 Å². The Morgan fingerprint density at radius 1 is 0.296 bits per heavy atom. The van der Waals surface area contributed by atoms with Crippen LogP contribution in [0.5, 0.6) is 0 Å². The fourth-order valence-electron chi connectivity index (χ4n) is 10.9. The summed E-state index contributed by atoms with van der Waals surface area (Å²) in [7, 11) is -9.94. The van der Waals surface area contributed by atoms with Crippen molar-refractivity contribution >= 4 is 39.5 Å². The van der Waals surface area contributed by atoms with Crippen LogP contribution in [0.2, 0.25) is 0 Å². The highest BCUT2D eigenvalue weighted by Crippen LogP contribution is 2.45. The van der Waals surface area contributed by atoms with Crippen LogP contribution < -0.4 is 0 Å². The molecule has 0 aliphatic rings. The Labute approximate surface area is 597 Å². The van der Waals surface area contributed by atoms with Gasteiger partial charge in [-0.15, -0.1) is 0 Å². The average molecular weight is 1430 g/mol. The van der Waals surface area contributed by atoms with Gasteiger partial charge in [0, 0.05) is 25.7 Å². The Kier molecular flexibility index (Phi) is 69.7. The second kappa shape index (κ2) is 72.1. The maximum Gasteiger partial charge on any atom is 0.472 e. The molecule has 0 saturated carbocycles. The number of unbranched alkanes of at least 4 members (excludes halogenated alkanes) is 39. The molecular weight excluding hydrogens is 1280 g/mol. The van der Waals surface area contributed by atoms with Crippen molar-refractivity contribution in [2.24, 2.45) is 0 Å². The van der Waals surface area contributed by atoms with E-state index in [9.17, 15) is 43.2 Å². The number of aliphatic hydroxyl groups excluding tert-OH is 1. The lowest BCUT2D eigenvalue weighted by atomic mass is 10.0. The minimum atomic E-state index is -4.97. The number of hydrogen-bond acceptors (Lipinski definition) is 15. The van der Waals surface area contributed by atoms with Crippen LogP contribution in [-0.4, -0.2) is 96.7 Å². The molecule has 5 unspecified atom stereocenters. The summed E-state index contributed by atoms with van der Waals surface area (Å²) in [6.45, 7) is 4.77. The summed E-state index contributed by atoms with van der Waals surface area (Å²) in [5, 5.41) is 10.6. The van der Waals surface area contributed by atoms with Crippen molar-refractivity contribution in [1.82, 2.24) is 0 Å². The molecule has 0 saturated heterocycles. The highest BCUT2D eigenvalue weighted by molar-refractivity contribution is 7.47. The van der Waals surface area contributed by atoms with Crippen molar-refractivity contribution in [2.45, 2.75) is 380 Å². The largest absolute Gasteiger partial charge is 0.472 e. The van der Waals surface area contributed by atoms with Gasteiger partial charge in [-0.1, -0.05) is 288 Å². The zero-order valence-electron chi connectivity index (χ0n) is 62.5. The first-order valence-electron chi connectivity index (χ1n) is 39.5. The fourth-order valence-corrected chi connectivity index (χ4v) is 12.5. The lowest BCUT2D eigenvalue weighted by molar-refractivity contribution is -0.161. The number of carbonyl (C=O) groups excluding carboxylic acids is 4. The van der Waals surface area contributed by atoms with Gasteiger partial charge in [0.25, 0.3) is 0 Å². The van der Waals surface area contributed by atoms with Gasteiger partial charge in [-0.3, -0.25) is 37.3 Å². The van der Waals surface area contributed by atoms with Crippen LogP contribution in [0.1, 0.15) is 362 Å². The lowest BCUT2D eigenvalue weighted by Gasteiger charge is -2.21. The van der Waals surface area contributed by atoms with Crippen molar-refractivity contribution in [3.63, 3.8) is 0 Å². The first-order valence-corrected chi connectivity index (χ1v) is 42.5. The topological polar surface area (TPSA) is 237 Å². The number of ether oxygens (including phenoxy) is 4. The highest BCUT2D eigenvalue weighted by Gasteiger charge is 2.30. The molecule has 0 aromatic carbocycles. The molecule has 0 aliphatic heterocycles. The quantitative estimate of drug-likeness (QED) is 0.0169. The molecule has 0 fully saturated rings. The van der Waals surface area contributed by atoms with Crippen molar-refractivity contribution in [1.29, 1.82) is 0 Å². The number of hydrogen-bond donors (Lipinski definition) is 3. The van der Waals surface area contributed by atoms with Gasteiger partial charge in [0.1, 0.15) is 19.3 Å². The molecule has 3 N–H and O–H groups in total. The summed E-state index contributed by atoms with van der Waals surface area (Å²) < 4.78 is 68.5. The molecule has 0 aliphatic carbocycles. The fraction of sp³-hybridized carbons (Fsp3) is 0.823. The van der Waals surface area contributed by atoms with Crippen LogP contribution in [0, 0.1) is 0 Å². The minimum absolute atomic E-state index is 0.0860. The second-order valence-corrected chi connectivity index (χ2v) is 29.5. The van der Waals surface area contributed by atoms with Crippen LogP contribution >= 0.6 is 15.6 Å². The summed E-state index contributed by atoms with van der Waals surface area (Å²) in [5.41, 5.74) is 0. The molecule has 0 rings (SSSR count). The summed E-state index contributed by atoms with van der Waals surface area (Å²) in [6, 6.07) is 0. The molecule has 0 bridgehead atoms. The molecular formula is C79H144O17P2. The Morgan fingerprint density at radius 2 is 0.531 bits per heavy atom. The maximum absolute atomic E-state index is 13.1.